The summed E-state index contributed by atoms with van der Waals surface area (Å²) in [5.41, 5.74) is 4.77. The van der Waals surface area contributed by atoms with Crippen LogP contribution in [0.25, 0.3) is 11.5 Å². The third-order valence-electron chi connectivity index (χ3n) is 6.48. The van der Waals surface area contributed by atoms with Gasteiger partial charge in [0.15, 0.2) is 0 Å². The van der Waals surface area contributed by atoms with Gasteiger partial charge >= 0.3 is 5.97 Å². The highest BCUT2D eigenvalue weighted by atomic mass is 35.5. The van der Waals surface area contributed by atoms with Crippen LogP contribution in [0.5, 0.6) is 5.75 Å². The van der Waals surface area contributed by atoms with Gasteiger partial charge in [0, 0.05) is 30.5 Å². The second-order valence-corrected chi connectivity index (χ2v) is 11.2. The van der Waals surface area contributed by atoms with Crippen molar-refractivity contribution in [3.8, 4) is 17.2 Å². The van der Waals surface area contributed by atoms with Crippen molar-refractivity contribution in [3.05, 3.63) is 90.9 Å². The summed E-state index contributed by atoms with van der Waals surface area (Å²) in [6.45, 7) is 2.92. The van der Waals surface area contributed by atoms with Crippen molar-refractivity contribution >= 4 is 46.4 Å². The Balaban J connectivity index is 1.33. The predicted molar refractivity (Wildman–Crippen MR) is 146 cm³/mol. The number of carbonyl (C=O) groups excluding carboxylic acids is 1. The summed E-state index contributed by atoms with van der Waals surface area (Å²) in [5, 5.41) is 9.19. The molecule has 0 fully saturated rings. The molecule has 0 saturated carbocycles. The highest BCUT2D eigenvalue weighted by Crippen LogP contribution is 2.38. The number of aliphatic carboxylic acids is 1. The number of hydrogen-bond donors (Lipinski definition) is 1. The molecule has 0 spiro atoms. The standard InChI is InChI=1S/C28H24Cl2N2O5S/c1-16-22(31-27(37-16)18-5-3-2-4-6-18)11-12-36-23-9-7-17(8-10-25(33)34)20-14-32(15-21(20)23)28(35)19-13-24(29)38-26(19)30/h2-7,9,13H,8,10-12,14-15H2,1H3,(H,33,34). The van der Waals surface area contributed by atoms with Gasteiger partial charge in [0.25, 0.3) is 5.91 Å². The second-order valence-electron chi connectivity index (χ2n) is 8.96. The Labute approximate surface area is 233 Å². The Morgan fingerprint density at radius 3 is 2.58 bits per heavy atom. The Hall–Kier alpha value is -3.33. The number of fused-ring (bicyclic) bond motifs is 1. The van der Waals surface area contributed by atoms with Gasteiger partial charge in [0.1, 0.15) is 15.8 Å². The minimum Gasteiger partial charge on any atom is -0.493 e. The molecule has 2 aromatic carbocycles. The molecular weight excluding hydrogens is 547 g/mol. The van der Waals surface area contributed by atoms with Crippen LogP contribution in [0.4, 0.5) is 0 Å². The molecule has 3 heterocycles. The van der Waals surface area contributed by atoms with Crippen LogP contribution in [0.1, 0.15) is 44.9 Å². The van der Waals surface area contributed by atoms with Crippen molar-refractivity contribution in [2.24, 2.45) is 0 Å². The first kappa shape index (κ1) is 26.3. The van der Waals surface area contributed by atoms with Crippen LogP contribution in [-0.4, -0.2) is 33.5 Å². The molecule has 5 rings (SSSR count). The molecule has 4 aromatic rings. The summed E-state index contributed by atoms with van der Waals surface area (Å²) in [6, 6.07) is 15.0. The number of halogens is 2. The van der Waals surface area contributed by atoms with Crippen molar-refractivity contribution in [3.63, 3.8) is 0 Å². The lowest BCUT2D eigenvalue weighted by atomic mass is 9.99. The molecule has 196 valence electrons. The van der Waals surface area contributed by atoms with Crippen LogP contribution in [-0.2, 0) is 30.7 Å². The molecule has 0 aliphatic carbocycles. The van der Waals surface area contributed by atoms with Gasteiger partial charge in [-0.15, -0.1) is 11.3 Å². The number of oxazole rings is 1. The number of thiophene rings is 1. The van der Waals surface area contributed by atoms with Gasteiger partial charge in [0.2, 0.25) is 5.89 Å². The van der Waals surface area contributed by atoms with E-state index in [2.05, 4.69) is 4.98 Å². The molecule has 0 saturated heterocycles. The molecule has 38 heavy (non-hydrogen) atoms. The molecule has 1 aliphatic rings. The third kappa shape index (κ3) is 5.57. The number of carbonyl (C=O) groups is 2. The summed E-state index contributed by atoms with van der Waals surface area (Å²) in [6.07, 6.45) is 0.913. The Morgan fingerprint density at radius 2 is 1.87 bits per heavy atom. The van der Waals surface area contributed by atoms with Crippen molar-refractivity contribution in [1.82, 2.24) is 9.88 Å². The largest absolute Gasteiger partial charge is 0.493 e. The third-order valence-corrected chi connectivity index (χ3v) is 7.96. The van der Waals surface area contributed by atoms with E-state index in [1.54, 1.807) is 11.0 Å². The lowest BCUT2D eigenvalue weighted by Gasteiger charge is -2.15. The number of aryl methyl sites for hydroxylation is 2. The van der Waals surface area contributed by atoms with Gasteiger partial charge in [-0.3, -0.25) is 9.59 Å². The van der Waals surface area contributed by atoms with Crippen molar-refractivity contribution in [1.29, 1.82) is 0 Å². The topological polar surface area (TPSA) is 92.9 Å². The van der Waals surface area contributed by atoms with Crippen LogP contribution in [0.2, 0.25) is 8.67 Å². The van der Waals surface area contributed by atoms with E-state index in [4.69, 9.17) is 32.4 Å². The van der Waals surface area contributed by atoms with Crippen molar-refractivity contribution < 1.29 is 23.8 Å². The number of rotatable bonds is 9. The smallest absolute Gasteiger partial charge is 0.303 e. The summed E-state index contributed by atoms with van der Waals surface area (Å²) < 4.78 is 12.8. The number of hydrogen-bond acceptors (Lipinski definition) is 6. The quantitative estimate of drug-likeness (QED) is 0.237. The molecule has 0 atom stereocenters. The van der Waals surface area contributed by atoms with Gasteiger partial charge < -0.3 is 19.2 Å². The normalized spacial score (nSPS) is 12.6. The zero-order chi connectivity index (χ0) is 26.8. The van der Waals surface area contributed by atoms with E-state index in [1.165, 1.54) is 0 Å². The van der Waals surface area contributed by atoms with Gasteiger partial charge in [-0.1, -0.05) is 47.5 Å². The SMILES string of the molecule is Cc1oc(-c2ccccc2)nc1CCOc1ccc(CCC(=O)O)c2c1CN(C(=O)c1cc(Cl)sc1Cl)C2. The monoisotopic (exact) mass is 570 g/mol. The molecular formula is C28H24Cl2N2O5S. The van der Waals surface area contributed by atoms with E-state index < -0.39 is 5.97 Å². The lowest BCUT2D eigenvalue weighted by Crippen LogP contribution is -2.25. The maximum absolute atomic E-state index is 13.2. The maximum Gasteiger partial charge on any atom is 0.303 e. The maximum atomic E-state index is 13.2. The zero-order valence-corrected chi connectivity index (χ0v) is 22.8. The summed E-state index contributed by atoms with van der Waals surface area (Å²) in [7, 11) is 0. The van der Waals surface area contributed by atoms with E-state index in [0.717, 1.165) is 45.0 Å². The number of ether oxygens (including phenoxy) is 1. The number of amides is 1. The minimum absolute atomic E-state index is 0.00173. The zero-order valence-electron chi connectivity index (χ0n) is 20.5. The molecule has 2 aromatic heterocycles. The average molecular weight is 571 g/mol. The minimum atomic E-state index is -0.873. The molecule has 1 amide bonds. The lowest BCUT2D eigenvalue weighted by molar-refractivity contribution is -0.136. The van der Waals surface area contributed by atoms with E-state index in [1.807, 2.05) is 49.4 Å². The number of carboxylic acids is 1. The first-order valence-electron chi connectivity index (χ1n) is 12.0. The average Bonchev–Trinajstić information content (AvgIpc) is 3.60. The Bertz CT molecular complexity index is 1500. The van der Waals surface area contributed by atoms with Crippen LogP contribution < -0.4 is 4.74 Å². The van der Waals surface area contributed by atoms with E-state index in [9.17, 15) is 14.7 Å². The molecule has 7 nitrogen and oxygen atoms in total. The number of nitrogens with zero attached hydrogens (tertiary/aromatic N) is 2. The van der Waals surface area contributed by atoms with Crippen LogP contribution >= 0.6 is 34.5 Å². The fourth-order valence-electron chi connectivity index (χ4n) is 4.56. The fraction of sp³-hybridized carbons (Fsp3) is 0.250. The molecule has 0 bridgehead atoms. The van der Waals surface area contributed by atoms with Crippen LogP contribution in [0.15, 0.2) is 52.9 Å². The van der Waals surface area contributed by atoms with Crippen LogP contribution in [0, 0.1) is 6.92 Å². The second kappa shape index (κ2) is 11.2. The van der Waals surface area contributed by atoms with Crippen molar-refractivity contribution in [2.75, 3.05) is 6.61 Å². The molecule has 1 aliphatic heterocycles. The van der Waals surface area contributed by atoms with E-state index in [0.29, 0.717) is 58.4 Å². The summed E-state index contributed by atoms with van der Waals surface area (Å²) >= 11 is 13.4. The van der Waals surface area contributed by atoms with Gasteiger partial charge in [-0.2, -0.15) is 0 Å². The van der Waals surface area contributed by atoms with E-state index in [-0.39, 0.29) is 12.3 Å². The highest BCUT2D eigenvalue weighted by molar-refractivity contribution is 7.20. The molecule has 0 radical (unpaired) electrons. The van der Waals surface area contributed by atoms with E-state index >= 15 is 0 Å². The molecule has 10 heteroatoms. The summed E-state index contributed by atoms with van der Waals surface area (Å²) in [5.74, 6) is 0.875. The fourth-order valence-corrected chi connectivity index (χ4v) is 6.01. The molecule has 1 N–H and O–H groups in total. The highest BCUT2D eigenvalue weighted by Gasteiger charge is 2.31. The predicted octanol–water partition coefficient (Wildman–Crippen LogP) is 6.81. The number of aromatic nitrogens is 1. The summed E-state index contributed by atoms with van der Waals surface area (Å²) in [4.78, 5) is 30.8. The number of carboxylic acid groups (broad SMARTS) is 1. The molecule has 0 unspecified atom stereocenters. The van der Waals surface area contributed by atoms with Gasteiger partial charge in [-0.05, 0) is 48.7 Å². The Kier molecular flexibility index (Phi) is 7.74. The number of benzene rings is 2. The van der Waals surface area contributed by atoms with Crippen LogP contribution in [0.3, 0.4) is 0 Å². The van der Waals surface area contributed by atoms with Gasteiger partial charge in [-0.25, -0.2) is 4.98 Å². The first-order chi connectivity index (χ1) is 18.3. The first-order valence-corrected chi connectivity index (χ1v) is 13.6. The Morgan fingerprint density at radius 1 is 1.11 bits per heavy atom. The van der Waals surface area contributed by atoms with Gasteiger partial charge in [0.05, 0.1) is 28.7 Å². The van der Waals surface area contributed by atoms with Crippen molar-refractivity contribution in [2.45, 2.75) is 39.3 Å².